The van der Waals surface area contributed by atoms with Crippen LogP contribution >= 0.6 is 0 Å². The van der Waals surface area contributed by atoms with Crippen molar-refractivity contribution in [1.82, 2.24) is 10.2 Å². The van der Waals surface area contributed by atoms with Crippen molar-refractivity contribution >= 4 is 17.7 Å². The summed E-state index contributed by atoms with van der Waals surface area (Å²) in [6.07, 6.45) is 2.50. The smallest absolute Gasteiger partial charge is 0.240 e. The number of nitrogens with one attached hydrogen (secondary N) is 1. The number of ether oxygens (including phenoxy) is 1. The first-order chi connectivity index (χ1) is 11.9. The molecule has 7 heteroatoms. The van der Waals surface area contributed by atoms with Crippen LogP contribution in [0.1, 0.15) is 36.8 Å². The molecule has 0 spiro atoms. The van der Waals surface area contributed by atoms with E-state index in [9.17, 15) is 19.5 Å². The largest absolute Gasteiger partial charge is 0.497 e. The van der Waals surface area contributed by atoms with Crippen molar-refractivity contribution in [3.05, 3.63) is 29.3 Å². The highest BCUT2D eigenvalue weighted by molar-refractivity contribution is 6.04. The second-order valence-electron chi connectivity index (χ2n) is 6.56. The number of rotatable bonds is 5. The molecule has 1 aliphatic heterocycles. The van der Waals surface area contributed by atoms with Crippen molar-refractivity contribution in [3.63, 3.8) is 0 Å². The maximum Gasteiger partial charge on any atom is 0.240 e. The van der Waals surface area contributed by atoms with Crippen LogP contribution in [-0.4, -0.2) is 47.9 Å². The van der Waals surface area contributed by atoms with E-state index in [1.807, 2.05) is 12.1 Å². The van der Waals surface area contributed by atoms with E-state index < -0.39 is 11.5 Å². The van der Waals surface area contributed by atoms with E-state index in [0.29, 0.717) is 6.42 Å². The molecule has 2 N–H and O–H groups in total. The molecule has 1 fully saturated rings. The second kappa shape index (κ2) is 6.84. The Bertz CT molecular complexity index is 701. The van der Waals surface area contributed by atoms with Gasteiger partial charge in [0.25, 0.3) is 0 Å². The molecule has 2 aliphatic rings. The highest BCUT2D eigenvalue weighted by Crippen LogP contribution is 2.36. The first kappa shape index (κ1) is 17.4. The minimum absolute atomic E-state index is 0.0430. The molecule has 0 saturated carbocycles. The van der Waals surface area contributed by atoms with Gasteiger partial charge in [0, 0.05) is 12.8 Å². The second-order valence-corrected chi connectivity index (χ2v) is 6.56. The number of methoxy groups -OCH3 is 1. The minimum atomic E-state index is -1.16. The summed E-state index contributed by atoms with van der Waals surface area (Å²) in [5.41, 5.74) is 0.634. The van der Waals surface area contributed by atoms with Gasteiger partial charge in [-0.3, -0.25) is 19.3 Å². The lowest BCUT2D eigenvalue weighted by molar-refractivity contribution is -0.142. The lowest BCUT2D eigenvalue weighted by Gasteiger charge is -2.35. The number of benzene rings is 1. The van der Waals surface area contributed by atoms with Gasteiger partial charge in [0.1, 0.15) is 17.9 Å². The standard InChI is InChI=1S/C18H22N2O5/c1-25-13-4-5-14-12(9-13)3-2-8-18(14,24)11-19-15(21)10-20-16(22)6-7-17(20)23/h4-5,9,24H,2-3,6-8,10-11H2,1H3,(H,19,21)/t18-/m1/s1. The molecule has 0 aromatic heterocycles. The van der Waals surface area contributed by atoms with Crippen molar-refractivity contribution in [3.8, 4) is 5.75 Å². The fraction of sp³-hybridized carbons (Fsp3) is 0.500. The van der Waals surface area contributed by atoms with Crippen LogP contribution < -0.4 is 10.1 Å². The minimum Gasteiger partial charge on any atom is -0.497 e. The summed E-state index contributed by atoms with van der Waals surface area (Å²) in [7, 11) is 1.60. The Kier molecular flexibility index (Phi) is 4.76. The first-order valence-electron chi connectivity index (χ1n) is 8.42. The van der Waals surface area contributed by atoms with Crippen LogP contribution in [0.2, 0.25) is 0 Å². The molecule has 1 atom stereocenters. The van der Waals surface area contributed by atoms with Crippen LogP contribution in [0.3, 0.4) is 0 Å². The van der Waals surface area contributed by atoms with Gasteiger partial charge in [-0.1, -0.05) is 6.07 Å². The summed E-state index contributed by atoms with van der Waals surface area (Å²) in [5, 5.41) is 13.7. The number of likely N-dealkylation sites (tertiary alicyclic amines) is 1. The van der Waals surface area contributed by atoms with Gasteiger partial charge in [0.15, 0.2) is 0 Å². The molecule has 0 radical (unpaired) electrons. The molecule has 1 heterocycles. The van der Waals surface area contributed by atoms with E-state index in [4.69, 9.17) is 4.74 Å². The number of aliphatic hydroxyl groups is 1. The third-order valence-electron chi connectivity index (χ3n) is 4.88. The van der Waals surface area contributed by atoms with E-state index in [2.05, 4.69) is 5.32 Å². The Labute approximate surface area is 146 Å². The predicted molar refractivity (Wildman–Crippen MR) is 88.8 cm³/mol. The molecule has 134 valence electrons. The lowest BCUT2D eigenvalue weighted by atomic mass is 9.79. The summed E-state index contributed by atoms with van der Waals surface area (Å²) in [6, 6.07) is 5.52. The molecule has 1 aromatic carbocycles. The molecule has 3 rings (SSSR count). The molecular weight excluding hydrogens is 324 g/mol. The molecule has 25 heavy (non-hydrogen) atoms. The molecule has 0 bridgehead atoms. The number of imide groups is 1. The third-order valence-corrected chi connectivity index (χ3v) is 4.88. The number of fused-ring (bicyclic) bond motifs is 1. The number of carbonyl (C=O) groups excluding carboxylic acids is 3. The van der Waals surface area contributed by atoms with Crippen LogP contribution in [0.15, 0.2) is 18.2 Å². The maximum atomic E-state index is 12.1. The number of amides is 3. The number of hydrogen-bond acceptors (Lipinski definition) is 5. The Balaban J connectivity index is 1.66. The zero-order valence-corrected chi connectivity index (χ0v) is 14.2. The van der Waals surface area contributed by atoms with Gasteiger partial charge in [0.05, 0.1) is 13.7 Å². The Hall–Kier alpha value is -2.41. The number of carbonyl (C=O) groups is 3. The topological polar surface area (TPSA) is 95.9 Å². The van der Waals surface area contributed by atoms with Crippen LogP contribution in [0.25, 0.3) is 0 Å². The van der Waals surface area contributed by atoms with Gasteiger partial charge in [-0.05, 0) is 42.5 Å². The van der Waals surface area contributed by atoms with Crippen molar-refractivity contribution < 1.29 is 24.2 Å². The first-order valence-corrected chi connectivity index (χ1v) is 8.42. The van der Waals surface area contributed by atoms with E-state index in [1.54, 1.807) is 13.2 Å². The average Bonchev–Trinajstić information content (AvgIpc) is 2.92. The number of aryl methyl sites for hydroxylation is 1. The SMILES string of the molecule is COc1ccc2c(c1)CCC[C@@]2(O)CNC(=O)CN1C(=O)CCC1=O. The summed E-state index contributed by atoms with van der Waals surface area (Å²) in [4.78, 5) is 36.2. The zero-order chi connectivity index (χ0) is 18.0. The Morgan fingerprint density at radius 3 is 2.68 bits per heavy atom. The fourth-order valence-electron chi connectivity index (χ4n) is 3.49. The molecule has 7 nitrogen and oxygen atoms in total. The van der Waals surface area contributed by atoms with Crippen LogP contribution in [0, 0.1) is 0 Å². The van der Waals surface area contributed by atoms with E-state index in [-0.39, 0.29) is 37.7 Å². The molecule has 0 unspecified atom stereocenters. The van der Waals surface area contributed by atoms with Crippen molar-refractivity contribution in [2.24, 2.45) is 0 Å². The number of hydrogen-bond donors (Lipinski definition) is 2. The average molecular weight is 346 g/mol. The van der Waals surface area contributed by atoms with Crippen LogP contribution in [0.4, 0.5) is 0 Å². The van der Waals surface area contributed by atoms with E-state index in [0.717, 1.165) is 34.6 Å². The molecule has 1 aliphatic carbocycles. The highest BCUT2D eigenvalue weighted by atomic mass is 16.5. The zero-order valence-electron chi connectivity index (χ0n) is 14.2. The lowest BCUT2D eigenvalue weighted by Crippen LogP contribution is -2.46. The maximum absolute atomic E-state index is 12.1. The Morgan fingerprint density at radius 1 is 1.28 bits per heavy atom. The normalized spacial score (nSPS) is 22.7. The van der Waals surface area contributed by atoms with Gasteiger partial charge in [-0.2, -0.15) is 0 Å². The van der Waals surface area contributed by atoms with Gasteiger partial charge < -0.3 is 15.2 Å². The van der Waals surface area contributed by atoms with Crippen molar-refractivity contribution in [1.29, 1.82) is 0 Å². The third kappa shape index (κ3) is 3.51. The monoisotopic (exact) mass is 346 g/mol. The van der Waals surface area contributed by atoms with Gasteiger partial charge >= 0.3 is 0 Å². The van der Waals surface area contributed by atoms with Crippen molar-refractivity contribution in [2.75, 3.05) is 20.2 Å². The van der Waals surface area contributed by atoms with Gasteiger partial charge in [0.2, 0.25) is 17.7 Å². The van der Waals surface area contributed by atoms with E-state index >= 15 is 0 Å². The molecule has 1 aromatic rings. The molecule has 1 saturated heterocycles. The predicted octanol–water partition coefficient (Wildman–Crippen LogP) is 0.484. The summed E-state index contributed by atoms with van der Waals surface area (Å²) in [5.74, 6) is -0.362. The van der Waals surface area contributed by atoms with Gasteiger partial charge in [-0.25, -0.2) is 0 Å². The van der Waals surface area contributed by atoms with E-state index in [1.165, 1.54) is 0 Å². The van der Waals surface area contributed by atoms with Gasteiger partial charge in [-0.15, -0.1) is 0 Å². The summed E-state index contributed by atoms with van der Waals surface area (Å²) in [6.45, 7) is -0.245. The molecule has 3 amide bonds. The Morgan fingerprint density at radius 2 is 2.00 bits per heavy atom. The van der Waals surface area contributed by atoms with Crippen LogP contribution in [0.5, 0.6) is 5.75 Å². The highest BCUT2D eigenvalue weighted by Gasteiger charge is 2.36. The number of nitrogens with zero attached hydrogens (tertiary/aromatic N) is 1. The quantitative estimate of drug-likeness (QED) is 0.756. The van der Waals surface area contributed by atoms with Crippen molar-refractivity contribution in [2.45, 2.75) is 37.7 Å². The fourth-order valence-corrected chi connectivity index (χ4v) is 3.49. The molecular formula is C18H22N2O5. The summed E-state index contributed by atoms with van der Waals surface area (Å²) >= 11 is 0. The van der Waals surface area contributed by atoms with Crippen LogP contribution in [-0.2, 0) is 26.4 Å². The summed E-state index contributed by atoms with van der Waals surface area (Å²) < 4.78 is 5.22.